The topological polar surface area (TPSA) is 57.0 Å². The van der Waals surface area contributed by atoms with Gasteiger partial charge in [0, 0.05) is 66.2 Å². The summed E-state index contributed by atoms with van der Waals surface area (Å²) in [6.07, 6.45) is 0. The van der Waals surface area contributed by atoms with Crippen molar-refractivity contribution in [3.05, 3.63) is 355 Å². The van der Waals surface area contributed by atoms with Gasteiger partial charge in [-0.3, -0.25) is 4.57 Å². The molecule has 0 aliphatic heterocycles. The van der Waals surface area contributed by atoms with Gasteiger partial charge >= 0.3 is 0 Å². The predicted molar refractivity (Wildman–Crippen MR) is 429 cm³/mol. The molecule has 5 nitrogen and oxygen atoms in total. The molecule has 1 aliphatic rings. The van der Waals surface area contributed by atoms with Crippen molar-refractivity contribution in [1.82, 2.24) is 14.5 Å². The van der Waals surface area contributed by atoms with Gasteiger partial charge in [0.15, 0.2) is 5.82 Å². The van der Waals surface area contributed by atoms with E-state index in [1.54, 1.807) is 0 Å². The first-order chi connectivity index (χ1) is 50.8. The van der Waals surface area contributed by atoms with Crippen molar-refractivity contribution in [2.75, 3.05) is 0 Å². The Kier molecular flexibility index (Phi) is 12.3. The summed E-state index contributed by atoms with van der Waals surface area (Å²) in [4.78, 5) is 11.4. The van der Waals surface area contributed by atoms with Crippen molar-refractivity contribution in [2.24, 2.45) is 0 Å². The van der Waals surface area contributed by atoms with E-state index in [1.807, 2.05) is 0 Å². The van der Waals surface area contributed by atoms with Gasteiger partial charge in [0.05, 0.1) is 16.7 Å². The van der Waals surface area contributed by atoms with E-state index >= 15 is 0 Å². The smallest absolute Gasteiger partial charge is 0.162 e. The Morgan fingerprint density at radius 3 is 1.39 bits per heavy atom. The van der Waals surface area contributed by atoms with Crippen molar-refractivity contribution in [1.29, 1.82) is 0 Å². The molecule has 0 atom stereocenters. The molecule has 22 rings (SSSR count). The number of hydrogen-bond acceptors (Lipinski definition) is 4. The first-order valence-corrected chi connectivity index (χ1v) is 35.6. The van der Waals surface area contributed by atoms with Crippen LogP contribution in [-0.2, 0) is 5.41 Å². The maximum Gasteiger partial charge on any atom is 0.162 e. The van der Waals surface area contributed by atoms with E-state index in [4.69, 9.17) is 18.8 Å². The number of para-hydroxylation sites is 2. The minimum atomic E-state index is -0.459. The van der Waals surface area contributed by atoms with Gasteiger partial charge in [-0.1, -0.05) is 275 Å². The lowest BCUT2D eigenvalue weighted by Crippen LogP contribution is -2.15. The number of benzene rings is 17. The molecule has 21 aromatic rings. The van der Waals surface area contributed by atoms with Crippen LogP contribution in [0.2, 0.25) is 0 Å². The lowest BCUT2D eigenvalue weighted by molar-refractivity contribution is 0.667. The van der Waals surface area contributed by atoms with Crippen LogP contribution < -0.4 is 0 Å². The molecule has 0 saturated heterocycles. The Bertz CT molecular complexity index is 7040. The molecule has 103 heavy (non-hydrogen) atoms. The van der Waals surface area contributed by atoms with Crippen molar-refractivity contribution < 1.29 is 8.83 Å². The van der Waals surface area contributed by atoms with Crippen LogP contribution in [0.25, 0.3) is 192 Å². The molecule has 0 saturated carbocycles. The van der Waals surface area contributed by atoms with Crippen LogP contribution in [0.15, 0.2) is 336 Å². The molecule has 0 spiro atoms. The number of furan rings is 2. The molecule has 0 fully saturated rings. The highest BCUT2D eigenvalue weighted by Gasteiger charge is 2.41. The van der Waals surface area contributed by atoms with E-state index in [0.29, 0.717) is 5.82 Å². The molecule has 0 amide bonds. The summed E-state index contributed by atoms with van der Waals surface area (Å²) in [5.74, 6) is 1.21. The fraction of sp³-hybridized carbons (Fsp3) is 0.0408. The van der Waals surface area contributed by atoms with Gasteiger partial charge in [0.2, 0.25) is 0 Å². The molecular weight excluding hydrogens is 1250 g/mol. The zero-order chi connectivity index (χ0) is 67.8. The number of fused-ring (bicyclic) bond motifs is 24. The van der Waals surface area contributed by atoms with Gasteiger partial charge in [0.25, 0.3) is 0 Å². The second-order valence-electron chi connectivity index (χ2n) is 28.5. The molecule has 0 bridgehead atoms. The fourth-order valence-corrected chi connectivity index (χ4v) is 18.1. The zero-order valence-corrected chi connectivity index (χ0v) is 56.4. The highest BCUT2D eigenvalue weighted by Crippen LogP contribution is 2.59. The molecule has 1 aliphatic carbocycles. The summed E-state index contributed by atoms with van der Waals surface area (Å²) >= 11 is 0. The maximum absolute atomic E-state index is 6.54. The van der Waals surface area contributed by atoms with Gasteiger partial charge in [-0.15, -0.1) is 0 Å². The Morgan fingerprint density at radius 1 is 0.311 bits per heavy atom. The maximum atomic E-state index is 6.54. The lowest BCUT2D eigenvalue weighted by Gasteiger charge is -2.25. The Labute approximate surface area is 592 Å². The molecule has 480 valence electrons. The van der Waals surface area contributed by atoms with Crippen LogP contribution in [0.4, 0.5) is 0 Å². The van der Waals surface area contributed by atoms with Crippen LogP contribution >= 0.6 is 0 Å². The van der Waals surface area contributed by atoms with Crippen LogP contribution in [0.1, 0.15) is 47.6 Å². The summed E-state index contributed by atoms with van der Waals surface area (Å²) in [5.41, 5.74) is 21.3. The average molecular weight is 1310 g/mol. The van der Waals surface area contributed by atoms with Crippen molar-refractivity contribution in [2.45, 2.75) is 25.2 Å². The Balaban J connectivity index is 0.847. The predicted octanol–water partition coefficient (Wildman–Crippen LogP) is 26.4. The van der Waals surface area contributed by atoms with Crippen molar-refractivity contribution in [3.8, 4) is 61.8 Å². The average Bonchev–Trinajstić information content (AvgIpc) is 1.53. The van der Waals surface area contributed by atoms with Crippen LogP contribution in [-0.4, -0.2) is 14.5 Å². The monoisotopic (exact) mass is 1310 g/mol. The molecule has 4 aromatic heterocycles. The highest BCUT2D eigenvalue weighted by atomic mass is 16.3. The van der Waals surface area contributed by atoms with E-state index in [0.717, 1.165) is 116 Å². The molecular formula is C98H61N3O2. The van der Waals surface area contributed by atoms with E-state index in [9.17, 15) is 0 Å². The van der Waals surface area contributed by atoms with Crippen LogP contribution in [0.5, 0.6) is 0 Å². The summed E-state index contributed by atoms with van der Waals surface area (Å²) in [6, 6.07) is 120. The molecule has 5 heteroatoms. The summed E-state index contributed by atoms with van der Waals surface area (Å²) in [7, 11) is 0. The van der Waals surface area contributed by atoms with Gasteiger partial charge < -0.3 is 8.83 Å². The number of rotatable bonds is 8. The summed E-state index contributed by atoms with van der Waals surface area (Å²) in [5, 5.41) is 21.4. The third-order valence-corrected chi connectivity index (χ3v) is 22.6. The van der Waals surface area contributed by atoms with Crippen molar-refractivity contribution >= 4 is 130 Å². The second kappa shape index (κ2) is 21.9. The summed E-state index contributed by atoms with van der Waals surface area (Å²) < 4.78 is 15.6. The van der Waals surface area contributed by atoms with E-state index < -0.39 is 5.41 Å². The largest absolute Gasteiger partial charge is 0.456 e. The molecule has 0 N–H and O–H groups in total. The molecule has 0 radical (unpaired) electrons. The standard InChI is InChI=1S/C98H61N3O2/c1-98(2)82-55-78-67-33-12-10-31-65(67)64-30-9-11-32-66(64)77(78)54-81(82)93-74-40-17-18-41-75(74)96-94(95(93)98)76-47-44-63(53-84(76)101(96)89-56-83(99-97(100-89)58-26-7-4-8-27-58)60-29-23-28-59(50-60)57-24-5-3-6-25-57)91-70-36-13-15-38-72(70)92(73-39-16-14-37-71(73)91)90(61-45-48-87-79(51-61)68-34-19-21-42-85(68)102-87)62-46-49-88-80(52-62)69-35-20-22-43-86(69)103-88/h3-56,90H,1-2H3. The third-order valence-electron chi connectivity index (χ3n) is 22.6. The van der Waals surface area contributed by atoms with Gasteiger partial charge in [0.1, 0.15) is 28.1 Å². The normalized spacial score (nSPS) is 12.9. The van der Waals surface area contributed by atoms with Crippen molar-refractivity contribution in [3.63, 3.8) is 0 Å². The molecule has 17 aromatic carbocycles. The quantitative estimate of drug-likeness (QED) is 0.0864. The SMILES string of the molecule is CC1(C)c2cc3c4ccccc4c4ccccc4c3cc2-c2c1c1c3ccc(-c4c5ccccc5c(C(c5ccc6oc7ccccc7c6c5)c5ccc6oc7ccccc7c6c5)c5ccccc45)cc3n(-c3cc(-c4cccc(-c5ccccc5)c4)nc(-c4ccccc4)n3)c1c1ccccc21. The summed E-state index contributed by atoms with van der Waals surface area (Å²) in [6.45, 7) is 4.93. The van der Waals surface area contributed by atoms with E-state index in [1.165, 1.54) is 98.4 Å². The Hall–Kier alpha value is -13.2. The van der Waals surface area contributed by atoms with Gasteiger partial charge in [-0.05, 0) is 181 Å². The molecule has 0 unspecified atom stereocenters. The van der Waals surface area contributed by atoms with E-state index in [2.05, 4.69) is 346 Å². The minimum Gasteiger partial charge on any atom is -0.456 e. The fourth-order valence-electron chi connectivity index (χ4n) is 18.1. The number of hydrogen-bond donors (Lipinski definition) is 0. The van der Waals surface area contributed by atoms with Crippen LogP contribution in [0.3, 0.4) is 0 Å². The lowest BCUT2D eigenvalue weighted by atomic mass is 9.77. The second-order valence-corrected chi connectivity index (χ2v) is 28.5. The zero-order valence-electron chi connectivity index (χ0n) is 56.4. The first kappa shape index (κ1) is 57.7. The first-order valence-electron chi connectivity index (χ1n) is 35.6. The van der Waals surface area contributed by atoms with Gasteiger partial charge in [-0.25, -0.2) is 9.97 Å². The number of aromatic nitrogens is 3. The van der Waals surface area contributed by atoms with E-state index in [-0.39, 0.29) is 5.92 Å². The van der Waals surface area contributed by atoms with Gasteiger partial charge in [-0.2, -0.15) is 0 Å². The highest BCUT2D eigenvalue weighted by molar-refractivity contribution is 6.30. The van der Waals surface area contributed by atoms with Crippen LogP contribution in [0, 0.1) is 0 Å². The molecule has 4 heterocycles. The number of nitrogens with zero attached hydrogens (tertiary/aromatic N) is 3. The third kappa shape index (κ3) is 8.48. The Morgan fingerprint density at radius 2 is 0.786 bits per heavy atom. The minimum absolute atomic E-state index is 0.220.